The van der Waals surface area contributed by atoms with Gasteiger partial charge in [0.2, 0.25) is 6.79 Å². The minimum absolute atomic E-state index is 0.0233. The summed E-state index contributed by atoms with van der Waals surface area (Å²) in [5.41, 5.74) is 5.93. The molecule has 0 amide bonds. The van der Waals surface area contributed by atoms with Crippen LogP contribution in [-0.2, 0) is 16.0 Å². The van der Waals surface area contributed by atoms with Gasteiger partial charge in [0, 0.05) is 40.1 Å². The van der Waals surface area contributed by atoms with Gasteiger partial charge in [0.15, 0.2) is 11.5 Å². The third-order valence-corrected chi connectivity index (χ3v) is 11.4. The molecule has 5 aliphatic heterocycles. The number of fused-ring (bicyclic) bond motifs is 9. The maximum absolute atomic E-state index is 12.9. The molecule has 0 radical (unpaired) electrons. The van der Waals surface area contributed by atoms with E-state index in [-0.39, 0.29) is 54.4 Å². The number of nitriles is 1. The van der Waals surface area contributed by atoms with Gasteiger partial charge in [-0.25, -0.2) is 0 Å². The van der Waals surface area contributed by atoms with Crippen LogP contribution in [0.1, 0.15) is 63.2 Å². The van der Waals surface area contributed by atoms with E-state index >= 15 is 0 Å². The van der Waals surface area contributed by atoms with Gasteiger partial charge in [0.05, 0.1) is 29.3 Å². The van der Waals surface area contributed by atoms with Crippen LogP contribution in [0.2, 0.25) is 0 Å². The Kier molecular flexibility index (Phi) is 5.77. The number of nitrogens with zero attached hydrogens (tertiary/aromatic N) is 3. The molecule has 7 rings (SSSR count). The third kappa shape index (κ3) is 3.25. The van der Waals surface area contributed by atoms with Gasteiger partial charge >= 0.3 is 5.97 Å². The molecule has 2 saturated heterocycles. The Balaban J connectivity index is 1.54. The lowest BCUT2D eigenvalue weighted by molar-refractivity contribution is -0.153. The highest BCUT2D eigenvalue weighted by atomic mass is 32.2. The van der Waals surface area contributed by atoms with E-state index < -0.39 is 12.1 Å². The smallest absolute Gasteiger partial charge is 0.309 e. The first kappa shape index (κ1) is 25.8. The number of aromatic hydroxyl groups is 2. The van der Waals surface area contributed by atoms with Crippen molar-refractivity contribution >= 4 is 17.7 Å². The summed E-state index contributed by atoms with van der Waals surface area (Å²) in [6, 6.07) is 3.02. The number of carbonyl (C=O) groups is 1. The van der Waals surface area contributed by atoms with Crippen LogP contribution in [0.4, 0.5) is 0 Å². The predicted molar refractivity (Wildman–Crippen MR) is 148 cm³/mol. The summed E-state index contributed by atoms with van der Waals surface area (Å²) in [4.78, 5) is 17.4. The minimum Gasteiger partial charge on any atom is -0.507 e. The molecule has 1 unspecified atom stereocenters. The number of phenolic OH excluding ortho intramolecular Hbond substituents is 2. The van der Waals surface area contributed by atoms with Crippen molar-refractivity contribution in [2.24, 2.45) is 5.92 Å². The number of hydrogen-bond acceptors (Lipinski definition) is 10. The van der Waals surface area contributed by atoms with E-state index in [9.17, 15) is 20.3 Å². The second-order valence-corrected chi connectivity index (χ2v) is 13.0. The van der Waals surface area contributed by atoms with Crippen molar-refractivity contribution in [2.45, 2.75) is 69.6 Å². The standard InChI is InChI=1S/C30H33N3O6S/c1-12-6-16-7-17-18(8-31)33-19-9-37-30(36)13(2)10-40-29(24(33)23(32(17)5)20(16)25(34)14(12)3)22-21(19)28-27(38-11-39-28)15(4)26(22)35/h6,13,17-19,23-24,29,34-35H,7,9-11H2,1-5H3/t13-,17+,18+,19+,23-,24?,29-/m1/s1. The molecule has 2 N–H and O–H groups in total. The molecule has 2 aromatic rings. The van der Waals surface area contributed by atoms with Crippen LogP contribution < -0.4 is 9.47 Å². The van der Waals surface area contributed by atoms with Crippen LogP contribution in [0.25, 0.3) is 0 Å². The highest BCUT2D eigenvalue weighted by Gasteiger charge is 2.60. The van der Waals surface area contributed by atoms with Crippen molar-refractivity contribution < 1.29 is 29.2 Å². The van der Waals surface area contributed by atoms with Gasteiger partial charge < -0.3 is 24.4 Å². The van der Waals surface area contributed by atoms with Crippen molar-refractivity contribution in [2.75, 3.05) is 26.2 Å². The normalized spacial score (nSPS) is 32.5. The van der Waals surface area contributed by atoms with E-state index in [4.69, 9.17) is 14.2 Å². The SMILES string of the molecule is Cc1cc2c(c(O)c1C)[C@@H]1C3[C@@H]4SC[C@@H](C)C(=O)OC[C@@H](c5c6c(c(C)c(O)c54)OCO6)N3[C@@H](C#N)[C@H](C2)N1C. The molecule has 210 valence electrons. The van der Waals surface area contributed by atoms with Crippen molar-refractivity contribution in [1.29, 1.82) is 5.26 Å². The molecule has 0 aliphatic carbocycles. The third-order valence-electron chi connectivity index (χ3n) is 9.81. The molecule has 7 atom stereocenters. The molecule has 5 heterocycles. The maximum Gasteiger partial charge on any atom is 0.309 e. The van der Waals surface area contributed by atoms with Crippen LogP contribution >= 0.6 is 11.8 Å². The van der Waals surface area contributed by atoms with Crippen molar-refractivity contribution in [3.8, 4) is 29.1 Å². The molecule has 4 bridgehead atoms. The van der Waals surface area contributed by atoms with Crippen molar-refractivity contribution in [1.82, 2.24) is 9.80 Å². The fraction of sp³-hybridized carbons (Fsp3) is 0.533. The summed E-state index contributed by atoms with van der Waals surface area (Å²) in [7, 11) is 2.04. The molecular weight excluding hydrogens is 530 g/mol. The number of piperazine rings is 1. The van der Waals surface area contributed by atoms with E-state index in [1.165, 1.54) is 0 Å². The zero-order valence-corrected chi connectivity index (χ0v) is 24.0. The molecule has 10 heteroatoms. The Morgan fingerprint density at radius 2 is 1.77 bits per heavy atom. The summed E-state index contributed by atoms with van der Waals surface area (Å²) in [5, 5.41) is 33.8. The van der Waals surface area contributed by atoms with Crippen molar-refractivity contribution in [3.05, 3.63) is 45.0 Å². The van der Waals surface area contributed by atoms with E-state index in [0.29, 0.717) is 35.0 Å². The van der Waals surface area contributed by atoms with Crippen LogP contribution in [-0.4, -0.2) is 70.3 Å². The van der Waals surface area contributed by atoms with Crippen LogP contribution in [0.3, 0.4) is 0 Å². The van der Waals surface area contributed by atoms with Gasteiger partial charge in [-0.3, -0.25) is 14.6 Å². The molecule has 2 fully saturated rings. The Hall–Kier alpha value is -3.13. The van der Waals surface area contributed by atoms with Gasteiger partial charge in [-0.15, -0.1) is 0 Å². The molecular formula is C30H33N3O6S. The number of esters is 1. The number of aryl methyl sites for hydroxylation is 1. The zero-order chi connectivity index (χ0) is 28.2. The second-order valence-electron chi connectivity index (χ2n) is 11.8. The quantitative estimate of drug-likeness (QED) is 0.457. The number of cyclic esters (lactones) is 1. The zero-order valence-electron chi connectivity index (χ0n) is 23.2. The van der Waals surface area contributed by atoms with E-state index in [1.807, 2.05) is 34.7 Å². The first-order chi connectivity index (χ1) is 19.1. The number of phenols is 2. The lowest BCUT2D eigenvalue weighted by Gasteiger charge is -2.61. The highest BCUT2D eigenvalue weighted by Crippen LogP contribution is 2.63. The summed E-state index contributed by atoms with van der Waals surface area (Å²) < 4.78 is 17.7. The summed E-state index contributed by atoms with van der Waals surface area (Å²) in [5.74, 6) is 1.37. The average Bonchev–Trinajstić information content (AvgIpc) is 3.42. The molecule has 0 aromatic heterocycles. The number of thioether (sulfide) groups is 1. The molecule has 40 heavy (non-hydrogen) atoms. The fourth-order valence-corrected chi connectivity index (χ4v) is 9.19. The van der Waals surface area contributed by atoms with Gasteiger partial charge in [-0.1, -0.05) is 13.0 Å². The Morgan fingerprint density at radius 3 is 2.52 bits per heavy atom. The number of benzene rings is 2. The van der Waals surface area contributed by atoms with E-state index in [1.54, 1.807) is 11.8 Å². The number of carbonyl (C=O) groups excluding carboxylic acids is 1. The van der Waals surface area contributed by atoms with Gasteiger partial charge in [-0.2, -0.15) is 17.0 Å². The molecule has 0 saturated carbocycles. The number of likely N-dealkylation sites (N-methyl/N-ethyl adjacent to an activating group) is 1. The average molecular weight is 564 g/mol. The molecule has 2 aromatic carbocycles. The topological polar surface area (TPSA) is 115 Å². The number of hydrogen-bond donors (Lipinski definition) is 2. The first-order valence-electron chi connectivity index (χ1n) is 13.8. The van der Waals surface area contributed by atoms with Gasteiger partial charge in [0.25, 0.3) is 0 Å². The Labute approximate surface area is 237 Å². The van der Waals surface area contributed by atoms with Crippen molar-refractivity contribution in [3.63, 3.8) is 0 Å². The number of rotatable bonds is 0. The van der Waals surface area contributed by atoms with E-state index in [0.717, 1.165) is 33.4 Å². The lowest BCUT2D eigenvalue weighted by atomic mass is 9.71. The Bertz CT molecular complexity index is 1500. The molecule has 5 aliphatic rings. The fourth-order valence-electron chi connectivity index (χ4n) is 7.66. The number of ether oxygens (including phenoxy) is 3. The molecule has 9 nitrogen and oxygen atoms in total. The van der Waals surface area contributed by atoms with Crippen LogP contribution in [0.15, 0.2) is 6.07 Å². The van der Waals surface area contributed by atoms with Gasteiger partial charge in [0.1, 0.15) is 24.1 Å². The predicted octanol–water partition coefficient (Wildman–Crippen LogP) is 3.95. The summed E-state index contributed by atoms with van der Waals surface area (Å²) in [6.07, 6.45) is 0.615. The summed E-state index contributed by atoms with van der Waals surface area (Å²) in [6.45, 7) is 7.70. The van der Waals surface area contributed by atoms with Crippen LogP contribution in [0.5, 0.6) is 23.0 Å². The Morgan fingerprint density at radius 1 is 1.05 bits per heavy atom. The largest absolute Gasteiger partial charge is 0.507 e. The van der Waals surface area contributed by atoms with Crippen LogP contribution in [0, 0.1) is 38.0 Å². The molecule has 0 spiro atoms. The highest BCUT2D eigenvalue weighted by molar-refractivity contribution is 7.99. The van der Waals surface area contributed by atoms with Gasteiger partial charge in [-0.05, 0) is 50.9 Å². The minimum atomic E-state index is -0.536. The maximum atomic E-state index is 12.9. The monoisotopic (exact) mass is 563 g/mol. The lowest BCUT2D eigenvalue weighted by Crippen LogP contribution is -2.69. The van der Waals surface area contributed by atoms with E-state index in [2.05, 4.69) is 21.9 Å². The second kappa shape index (κ2) is 8.93. The first-order valence-corrected chi connectivity index (χ1v) is 14.8. The summed E-state index contributed by atoms with van der Waals surface area (Å²) >= 11 is 1.60.